The topological polar surface area (TPSA) is 29.5 Å². The summed E-state index contributed by atoms with van der Waals surface area (Å²) >= 11 is 0. The van der Waals surface area contributed by atoms with E-state index < -0.39 is 5.41 Å². The van der Waals surface area contributed by atoms with Gasteiger partial charge in [0.2, 0.25) is 5.91 Å². The molecule has 1 aliphatic heterocycles. The number of halogens is 1. The molecule has 2 aliphatic rings. The third kappa shape index (κ3) is 2.22. The number of carbonyl (C=O) groups excluding carboxylic acids is 1. The number of nitrogens with zero attached hydrogens (tertiary/aromatic N) is 1. The van der Waals surface area contributed by atoms with Crippen LogP contribution in [-0.4, -0.2) is 36.6 Å². The highest BCUT2D eigenvalue weighted by Crippen LogP contribution is 2.45. The Hall–Kier alpha value is -1.42. The molecule has 2 fully saturated rings. The number of carbonyl (C=O) groups is 1. The molecule has 0 spiro atoms. The van der Waals surface area contributed by atoms with Crippen LogP contribution >= 0.6 is 0 Å². The summed E-state index contributed by atoms with van der Waals surface area (Å²) in [5.74, 6) is -0.0684. The Morgan fingerprint density at radius 3 is 2.60 bits per heavy atom. The van der Waals surface area contributed by atoms with Crippen molar-refractivity contribution in [3.63, 3.8) is 0 Å². The van der Waals surface area contributed by atoms with Crippen LogP contribution in [-0.2, 0) is 14.9 Å². The summed E-state index contributed by atoms with van der Waals surface area (Å²) in [6, 6.07) is 6.42. The van der Waals surface area contributed by atoms with E-state index in [0.29, 0.717) is 19.7 Å². The summed E-state index contributed by atoms with van der Waals surface area (Å²) in [5, 5.41) is 0. The summed E-state index contributed by atoms with van der Waals surface area (Å²) in [5.41, 5.74) is 0.527. The van der Waals surface area contributed by atoms with E-state index in [1.807, 2.05) is 11.8 Å². The maximum Gasteiger partial charge on any atom is 0.233 e. The minimum absolute atomic E-state index is 0.0954. The first kappa shape index (κ1) is 13.6. The lowest BCUT2D eigenvalue weighted by atomic mass is 9.63. The molecule has 0 radical (unpaired) electrons. The van der Waals surface area contributed by atoms with Gasteiger partial charge in [-0.15, -0.1) is 0 Å². The number of ether oxygens (including phenoxy) is 1. The number of amides is 1. The second kappa shape index (κ2) is 5.17. The Morgan fingerprint density at radius 1 is 1.35 bits per heavy atom. The van der Waals surface area contributed by atoms with Gasteiger partial charge in [-0.05, 0) is 37.5 Å². The molecule has 108 valence electrons. The Bertz CT molecular complexity index is 496. The van der Waals surface area contributed by atoms with E-state index in [2.05, 4.69) is 0 Å². The van der Waals surface area contributed by atoms with Crippen molar-refractivity contribution in [1.29, 1.82) is 0 Å². The zero-order valence-corrected chi connectivity index (χ0v) is 11.8. The Kier molecular flexibility index (Phi) is 3.50. The van der Waals surface area contributed by atoms with Crippen LogP contribution in [0.4, 0.5) is 4.39 Å². The number of morpholine rings is 1. The smallest absolute Gasteiger partial charge is 0.233 e. The molecule has 1 aromatic rings. The van der Waals surface area contributed by atoms with Crippen LogP contribution in [0.5, 0.6) is 0 Å². The van der Waals surface area contributed by atoms with Gasteiger partial charge in [-0.3, -0.25) is 4.79 Å². The first-order valence-corrected chi connectivity index (χ1v) is 7.29. The highest BCUT2D eigenvalue weighted by Gasteiger charge is 2.48. The van der Waals surface area contributed by atoms with E-state index >= 15 is 0 Å². The minimum atomic E-state index is -0.426. The lowest BCUT2D eigenvalue weighted by molar-refractivity contribution is -0.147. The summed E-state index contributed by atoms with van der Waals surface area (Å²) in [6.45, 7) is 3.91. The predicted molar refractivity (Wildman–Crippen MR) is 73.9 cm³/mol. The van der Waals surface area contributed by atoms with Gasteiger partial charge >= 0.3 is 0 Å². The molecule has 1 amide bonds. The van der Waals surface area contributed by atoms with Gasteiger partial charge in [-0.25, -0.2) is 4.39 Å². The van der Waals surface area contributed by atoms with Gasteiger partial charge in [0, 0.05) is 13.1 Å². The highest BCUT2D eigenvalue weighted by atomic mass is 19.1. The monoisotopic (exact) mass is 277 g/mol. The average Bonchev–Trinajstić information content (AvgIpc) is 2.39. The van der Waals surface area contributed by atoms with Crippen LogP contribution in [0.15, 0.2) is 24.3 Å². The molecule has 20 heavy (non-hydrogen) atoms. The second-order valence-corrected chi connectivity index (χ2v) is 5.88. The van der Waals surface area contributed by atoms with Crippen molar-refractivity contribution in [2.75, 3.05) is 19.7 Å². The fourth-order valence-corrected chi connectivity index (χ4v) is 3.23. The zero-order chi connectivity index (χ0) is 14.2. The molecular weight excluding hydrogens is 257 g/mol. The molecule has 0 aromatic heterocycles. The molecule has 1 aliphatic carbocycles. The van der Waals surface area contributed by atoms with Crippen molar-refractivity contribution >= 4 is 5.91 Å². The van der Waals surface area contributed by atoms with E-state index in [1.165, 1.54) is 12.1 Å². The van der Waals surface area contributed by atoms with Crippen molar-refractivity contribution in [3.8, 4) is 0 Å². The number of benzene rings is 1. The van der Waals surface area contributed by atoms with Crippen LogP contribution in [0.25, 0.3) is 0 Å². The summed E-state index contributed by atoms with van der Waals surface area (Å²) in [7, 11) is 0. The number of rotatable bonds is 2. The molecular formula is C16H20FNO2. The Labute approximate surface area is 118 Å². The summed E-state index contributed by atoms with van der Waals surface area (Å²) < 4.78 is 18.6. The molecule has 1 unspecified atom stereocenters. The summed E-state index contributed by atoms with van der Waals surface area (Å²) in [4.78, 5) is 14.8. The molecule has 1 aromatic carbocycles. The lowest BCUT2D eigenvalue weighted by Crippen LogP contribution is -2.55. The van der Waals surface area contributed by atoms with E-state index in [-0.39, 0.29) is 17.8 Å². The molecule has 1 heterocycles. The molecule has 3 nitrogen and oxygen atoms in total. The van der Waals surface area contributed by atoms with E-state index in [9.17, 15) is 9.18 Å². The average molecular weight is 277 g/mol. The first-order valence-electron chi connectivity index (χ1n) is 7.29. The molecule has 1 atom stereocenters. The number of hydrogen-bond donors (Lipinski definition) is 0. The van der Waals surface area contributed by atoms with Gasteiger partial charge in [0.1, 0.15) is 5.82 Å². The molecule has 3 rings (SSSR count). The van der Waals surface area contributed by atoms with Crippen molar-refractivity contribution in [2.24, 2.45) is 0 Å². The van der Waals surface area contributed by atoms with Gasteiger partial charge < -0.3 is 9.64 Å². The Balaban J connectivity index is 1.84. The quantitative estimate of drug-likeness (QED) is 0.831. The maximum atomic E-state index is 13.1. The van der Waals surface area contributed by atoms with Crippen LogP contribution in [0.1, 0.15) is 31.7 Å². The summed E-state index contributed by atoms with van der Waals surface area (Å²) in [6.07, 6.45) is 2.88. The number of hydrogen-bond acceptors (Lipinski definition) is 2. The van der Waals surface area contributed by atoms with Gasteiger partial charge in [0.15, 0.2) is 0 Å². The third-order valence-electron chi connectivity index (χ3n) is 4.54. The van der Waals surface area contributed by atoms with Crippen LogP contribution < -0.4 is 0 Å². The van der Waals surface area contributed by atoms with Gasteiger partial charge in [0.25, 0.3) is 0 Å². The molecule has 0 N–H and O–H groups in total. The predicted octanol–water partition coefficient (Wildman–Crippen LogP) is 2.49. The Morgan fingerprint density at radius 2 is 2.05 bits per heavy atom. The third-order valence-corrected chi connectivity index (χ3v) is 4.54. The van der Waals surface area contributed by atoms with Crippen molar-refractivity contribution in [3.05, 3.63) is 35.6 Å². The molecule has 0 bridgehead atoms. The van der Waals surface area contributed by atoms with Gasteiger partial charge in [-0.2, -0.15) is 0 Å². The molecule has 1 saturated heterocycles. The van der Waals surface area contributed by atoms with E-state index in [0.717, 1.165) is 24.8 Å². The first-order chi connectivity index (χ1) is 9.62. The van der Waals surface area contributed by atoms with Crippen molar-refractivity contribution < 1.29 is 13.9 Å². The lowest BCUT2D eigenvalue weighted by Gasteiger charge is -2.45. The fourth-order valence-electron chi connectivity index (χ4n) is 3.23. The SMILES string of the molecule is CC1CN(C(=O)C2(c3ccc(F)cc3)CCC2)CCO1. The largest absolute Gasteiger partial charge is 0.375 e. The van der Waals surface area contributed by atoms with Crippen LogP contribution in [0.3, 0.4) is 0 Å². The van der Waals surface area contributed by atoms with Crippen molar-refractivity contribution in [2.45, 2.75) is 37.7 Å². The molecule has 1 saturated carbocycles. The fraction of sp³-hybridized carbons (Fsp3) is 0.562. The van der Waals surface area contributed by atoms with Crippen LogP contribution in [0, 0.1) is 5.82 Å². The maximum absolute atomic E-state index is 13.1. The van der Waals surface area contributed by atoms with Crippen molar-refractivity contribution in [1.82, 2.24) is 4.90 Å². The van der Waals surface area contributed by atoms with E-state index in [4.69, 9.17) is 4.74 Å². The second-order valence-electron chi connectivity index (χ2n) is 5.88. The van der Waals surface area contributed by atoms with Gasteiger partial charge in [-0.1, -0.05) is 18.6 Å². The van der Waals surface area contributed by atoms with Crippen LogP contribution in [0.2, 0.25) is 0 Å². The zero-order valence-electron chi connectivity index (χ0n) is 11.8. The normalized spacial score (nSPS) is 25.1. The standard InChI is InChI=1S/C16H20FNO2/c1-12-11-18(9-10-20-12)15(19)16(7-2-8-16)13-3-5-14(17)6-4-13/h3-6,12H,2,7-11H2,1H3. The van der Waals surface area contributed by atoms with E-state index in [1.54, 1.807) is 12.1 Å². The van der Waals surface area contributed by atoms with Gasteiger partial charge in [0.05, 0.1) is 18.1 Å². The molecule has 4 heteroatoms. The highest BCUT2D eigenvalue weighted by molar-refractivity contribution is 5.89. The minimum Gasteiger partial charge on any atom is -0.375 e.